The third-order valence-electron chi connectivity index (χ3n) is 4.41. The van der Waals surface area contributed by atoms with Crippen LogP contribution in [0.15, 0.2) is 65.7 Å². The van der Waals surface area contributed by atoms with Crippen LogP contribution >= 0.6 is 11.8 Å². The second-order valence-electron chi connectivity index (χ2n) is 7.01. The molecule has 0 spiro atoms. The van der Waals surface area contributed by atoms with Crippen LogP contribution in [0.1, 0.15) is 20.3 Å². The van der Waals surface area contributed by atoms with Gasteiger partial charge in [-0.15, -0.1) is 11.8 Å². The minimum Gasteiger partial charge on any atom is -0.342 e. The molecule has 0 aliphatic heterocycles. The highest BCUT2D eigenvalue weighted by Gasteiger charge is 2.21. The number of rotatable bonds is 7. The molecule has 3 rings (SSSR count). The van der Waals surface area contributed by atoms with Crippen molar-refractivity contribution < 1.29 is 4.79 Å². The molecule has 0 aliphatic carbocycles. The first-order chi connectivity index (χ1) is 13.6. The fraction of sp³-hybridized carbons (Fsp3) is 0.261. The number of fused-ring (bicyclic) bond motifs is 1. The number of aromatic nitrogens is 1. The van der Waals surface area contributed by atoms with Crippen LogP contribution in [0.25, 0.3) is 22.0 Å². The zero-order chi connectivity index (χ0) is 19.9. The lowest BCUT2D eigenvalue weighted by Gasteiger charge is -2.18. The van der Waals surface area contributed by atoms with Crippen LogP contribution in [-0.4, -0.2) is 22.7 Å². The number of nitriles is 1. The van der Waals surface area contributed by atoms with Crippen LogP contribution in [-0.2, 0) is 4.79 Å². The molecule has 0 bridgehead atoms. The minimum atomic E-state index is -0.207. The van der Waals surface area contributed by atoms with Gasteiger partial charge in [-0.25, -0.2) is 0 Å². The van der Waals surface area contributed by atoms with Crippen molar-refractivity contribution in [2.24, 2.45) is 5.92 Å². The summed E-state index contributed by atoms with van der Waals surface area (Å²) in [4.78, 5) is 17.9. The molecule has 1 unspecified atom stereocenters. The molecule has 1 atom stereocenters. The van der Waals surface area contributed by atoms with Crippen LogP contribution in [0, 0.1) is 17.2 Å². The lowest BCUT2D eigenvalue weighted by atomic mass is 10.0. The molecule has 0 fully saturated rings. The van der Waals surface area contributed by atoms with Gasteiger partial charge in [-0.05, 0) is 47.7 Å². The third kappa shape index (κ3) is 4.90. The number of hydrogen-bond acceptors (Lipinski definition) is 4. The Morgan fingerprint density at radius 3 is 2.64 bits per heavy atom. The quantitative estimate of drug-likeness (QED) is 0.454. The molecule has 1 amide bonds. The number of hydrogen-bond donors (Lipinski definition) is 1. The summed E-state index contributed by atoms with van der Waals surface area (Å²) in [7, 11) is 0. The monoisotopic (exact) mass is 389 g/mol. The van der Waals surface area contributed by atoms with Gasteiger partial charge in [0.15, 0.2) is 0 Å². The van der Waals surface area contributed by atoms with Crippen molar-refractivity contribution in [2.75, 3.05) is 6.54 Å². The molecule has 0 saturated heterocycles. The molecule has 0 aliphatic rings. The number of nitrogens with one attached hydrogen (secondary N) is 1. The maximum absolute atomic E-state index is 12.4. The first-order valence-electron chi connectivity index (χ1n) is 9.34. The van der Waals surface area contributed by atoms with E-state index in [1.165, 1.54) is 0 Å². The van der Waals surface area contributed by atoms with Gasteiger partial charge in [0.2, 0.25) is 5.91 Å². The average molecular weight is 390 g/mol. The van der Waals surface area contributed by atoms with Crippen molar-refractivity contribution in [2.45, 2.75) is 30.4 Å². The molecule has 4 nitrogen and oxygen atoms in total. The summed E-state index contributed by atoms with van der Waals surface area (Å²) in [6, 6.07) is 20.4. The van der Waals surface area contributed by atoms with E-state index in [0.717, 1.165) is 33.3 Å². The van der Waals surface area contributed by atoms with E-state index >= 15 is 0 Å². The lowest BCUT2D eigenvalue weighted by molar-refractivity contribution is -0.120. The predicted molar refractivity (Wildman–Crippen MR) is 115 cm³/mol. The topological polar surface area (TPSA) is 65.8 Å². The summed E-state index contributed by atoms with van der Waals surface area (Å²) in [5, 5.41) is 12.3. The Balaban J connectivity index is 1.81. The van der Waals surface area contributed by atoms with Crippen molar-refractivity contribution in [1.29, 1.82) is 5.26 Å². The molecule has 5 heteroatoms. The normalized spacial score (nSPS) is 11.9. The Morgan fingerprint density at radius 1 is 1.14 bits per heavy atom. The highest BCUT2D eigenvalue weighted by Crippen LogP contribution is 2.32. The molecule has 142 valence electrons. The summed E-state index contributed by atoms with van der Waals surface area (Å²) in [5.74, 6) is 0.317. The van der Waals surface area contributed by atoms with E-state index in [0.29, 0.717) is 5.92 Å². The van der Waals surface area contributed by atoms with Gasteiger partial charge in [-0.1, -0.05) is 44.2 Å². The molecule has 1 aromatic heterocycles. The van der Waals surface area contributed by atoms with Crippen molar-refractivity contribution in [3.8, 4) is 17.2 Å². The zero-order valence-corrected chi connectivity index (χ0v) is 16.9. The maximum Gasteiger partial charge on any atom is 0.234 e. The summed E-state index contributed by atoms with van der Waals surface area (Å²) < 4.78 is 0. The summed E-state index contributed by atoms with van der Waals surface area (Å²) in [6.45, 7) is 4.24. The second kappa shape index (κ2) is 9.38. The molecular formula is C23H23N3OS. The van der Waals surface area contributed by atoms with E-state index in [4.69, 9.17) is 5.26 Å². The number of benzene rings is 2. The molecular weight excluding hydrogens is 366 g/mol. The number of pyridine rings is 1. The van der Waals surface area contributed by atoms with Crippen LogP contribution in [0.4, 0.5) is 0 Å². The Labute approximate surface area is 170 Å². The van der Waals surface area contributed by atoms with Crippen molar-refractivity contribution in [3.05, 3.63) is 60.8 Å². The lowest BCUT2D eigenvalue weighted by Crippen LogP contribution is -2.33. The van der Waals surface area contributed by atoms with E-state index in [1.54, 1.807) is 18.0 Å². The SMILES string of the molecule is CC(C)CC(Sc1ccc(-c2cccc3ncccc23)cc1)C(=O)NCC#N. The van der Waals surface area contributed by atoms with Gasteiger partial charge in [-0.3, -0.25) is 9.78 Å². The fourth-order valence-corrected chi connectivity index (χ4v) is 4.40. The fourth-order valence-electron chi connectivity index (χ4n) is 3.11. The zero-order valence-electron chi connectivity index (χ0n) is 16.1. The van der Waals surface area contributed by atoms with E-state index in [1.807, 2.05) is 24.3 Å². The Hall–Kier alpha value is -2.84. The number of thioether (sulfide) groups is 1. The molecule has 2 aromatic carbocycles. The maximum atomic E-state index is 12.4. The van der Waals surface area contributed by atoms with Gasteiger partial charge in [0.1, 0.15) is 6.54 Å². The summed E-state index contributed by atoms with van der Waals surface area (Å²) in [5.41, 5.74) is 3.24. The average Bonchev–Trinajstić information content (AvgIpc) is 2.71. The number of carbonyl (C=O) groups is 1. The number of nitrogens with zero attached hydrogens (tertiary/aromatic N) is 2. The Kier molecular flexibility index (Phi) is 6.67. The molecule has 28 heavy (non-hydrogen) atoms. The standard InChI is InChI=1S/C23H23N3OS/c1-16(2)15-22(23(27)26-14-12-24)28-18-10-8-17(9-11-18)19-5-3-7-21-20(19)6-4-13-25-21/h3-11,13,16,22H,14-15H2,1-2H3,(H,26,27). The first-order valence-corrected chi connectivity index (χ1v) is 10.2. The van der Waals surface area contributed by atoms with E-state index in [-0.39, 0.29) is 17.7 Å². The molecule has 1 heterocycles. The highest BCUT2D eigenvalue weighted by molar-refractivity contribution is 8.00. The molecule has 0 radical (unpaired) electrons. The second-order valence-corrected chi connectivity index (χ2v) is 8.29. The van der Waals surface area contributed by atoms with Gasteiger partial charge < -0.3 is 5.32 Å². The minimum absolute atomic E-state index is 0.0437. The van der Waals surface area contributed by atoms with Crippen LogP contribution in [0.5, 0.6) is 0 Å². The van der Waals surface area contributed by atoms with Gasteiger partial charge in [0.25, 0.3) is 0 Å². The Bertz CT molecular complexity index is 987. The van der Waals surface area contributed by atoms with Crippen LogP contribution in [0.3, 0.4) is 0 Å². The van der Waals surface area contributed by atoms with Gasteiger partial charge in [0, 0.05) is 16.5 Å². The van der Waals surface area contributed by atoms with Crippen molar-refractivity contribution in [3.63, 3.8) is 0 Å². The molecule has 0 saturated carbocycles. The number of carbonyl (C=O) groups excluding carboxylic acids is 1. The predicted octanol–water partition coefficient (Wildman–Crippen LogP) is 5.05. The smallest absolute Gasteiger partial charge is 0.234 e. The largest absolute Gasteiger partial charge is 0.342 e. The van der Waals surface area contributed by atoms with Gasteiger partial charge in [-0.2, -0.15) is 5.26 Å². The highest BCUT2D eigenvalue weighted by atomic mass is 32.2. The van der Waals surface area contributed by atoms with Crippen LogP contribution < -0.4 is 5.32 Å². The van der Waals surface area contributed by atoms with Crippen molar-refractivity contribution in [1.82, 2.24) is 10.3 Å². The van der Waals surface area contributed by atoms with E-state index < -0.39 is 0 Å². The summed E-state index contributed by atoms with van der Waals surface area (Å²) >= 11 is 1.55. The first kappa shape index (κ1) is 19.9. The van der Waals surface area contributed by atoms with Crippen molar-refractivity contribution >= 4 is 28.6 Å². The van der Waals surface area contributed by atoms with Gasteiger partial charge >= 0.3 is 0 Å². The molecule has 3 aromatic rings. The third-order valence-corrected chi connectivity index (χ3v) is 5.64. The van der Waals surface area contributed by atoms with Gasteiger partial charge in [0.05, 0.1) is 16.8 Å². The van der Waals surface area contributed by atoms with Crippen LogP contribution in [0.2, 0.25) is 0 Å². The van der Waals surface area contributed by atoms with E-state index in [2.05, 4.69) is 60.5 Å². The Morgan fingerprint density at radius 2 is 1.93 bits per heavy atom. The summed E-state index contributed by atoms with van der Waals surface area (Å²) in [6.07, 6.45) is 2.57. The number of amides is 1. The molecule has 1 N–H and O–H groups in total. The van der Waals surface area contributed by atoms with E-state index in [9.17, 15) is 4.79 Å².